The van der Waals surface area contributed by atoms with Crippen LogP contribution in [-0.4, -0.2) is 22.8 Å². The van der Waals surface area contributed by atoms with E-state index in [1.54, 1.807) is 38.4 Å². The van der Waals surface area contributed by atoms with Gasteiger partial charge in [-0.05, 0) is 26.0 Å². The van der Waals surface area contributed by atoms with E-state index >= 15 is 0 Å². The Morgan fingerprint density at radius 1 is 1.19 bits per heavy atom. The molecule has 1 heterocycles. The van der Waals surface area contributed by atoms with Crippen molar-refractivity contribution in [2.45, 2.75) is 19.9 Å². The van der Waals surface area contributed by atoms with E-state index in [2.05, 4.69) is 10.4 Å². The third kappa shape index (κ3) is 3.18. The molecule has 1 aromatic heterocycles. The molecule has 0 spiro atoms. The van der Waals surface area contributed by atoms with Gasteiger partial charge in [-0.25, -0.2) is 4.68 Å². The highest BCUT2D eigenvalue weighted by Gasteiger charge is 2.19. The molecule has 26 heavy (non-hydrogen) atoms. The van der Waals surface area contributed by atoms with Crippen LogP contribution in [0.25, 0.3) is 10.8 Å². The molecule has 3 rings (SSSR count). The van der Waals surface area contributed by atoms with Gasteiger partial charge in [0.05, 0.1) is 18.5 Å². The van der Waals surface area contributed by atoms with Crippen molar-refractivity contribution in [1.29, 1.82) is 0 Å². The van der Waals surface area contributed by atoms with Crippen molar-refractivity contribution in [3.05, 3.63) is 69.6 Å². The highest BCUT2D eigenvalue weighted by molar-refractivity contribution is 6.04. The van der Waals surface area contributed by atoms with E-state index in [1.165, 1.54) is 4.68 Å². The van der Waals surface area contributed by atoms with Crippen molar-refractivity contribution in [2.24, 2.45) is 7.05 Å². The van der Waals surface area contributed by atoms with Crippen molar-refractivity contribution in [3.63, 3.8) is 0 Å². The Morgan fingerprint density at radius 2 is 1.88 bits per heavy atom. The molecule has 0 saturated heterocycles. The second kappa shape index (κ2) is 7.00. The normalized spacial score (nSPS) is 12.0. The first-order valence-corrected chi connectivity index (χ1v) is 8.34. The number of aryl methyl sites for hydroxylation is 2. The lowest BCUT2D eigenvalue weighted by Gasteiger charge is -2.18. The lowest BCUT2D eigenvalue weighted by atomic mass is 10.0. The summed E-state index contributed by atoms with van der Waals surface area (Å²) in [5, 5.41) is 8.13. The quantitative estimate of drug-likeness (QED) is 0.784. The lowest BCUT2D eigenvalue weighted by Crippen LogP contribution is -2.31. The highest BCUT2D eigenvalue weighted by Crippen LogP contribution is 2.26. The molecule has 0 bridgehead atoms. The lowest BCUT2D eigenvalue weighted by molar-refractivity contribution is 0.0934. The second-order valence-electron chi connectivity index (χ2n) is 6.26. The summed E-state index contributed by atoms with van der Waals surface area (Å²) in [6.45, 7) is 3.87. The van der Waals surface area contributed by atoms with Gasteiger partial charge in [0.15, 0.2) is 5.69 Å². The van der Waals surface area contributed by atoms with E-state index in [0.717, 1.165) is 11.1 Å². The summed E-state index contributed by atoms with van der Waals surface area (Å²) in [7, 11) is 3.14. The summed E-state index contributed by atoms with van der Waals surface area (Å²) in [6, 6.07) is 12.5. The van der Waals surface area contributed by atoms with Gasteiger partial charge in [-0.2, -0.15) is 5.10 Å². The van der Waals surface area contributed by atoms with Gasteiger partial charge in [0, 0.05) is 18.0 Å². The van der Waals surface area contributed by atoms with Gasteiger partial charge in [0.2, 0.25) is 0 Å². The number of ether oxygens (including phenoxy) is 1. The van der Waals surface area contributed by atoms with Crippen LogP contribution in [0.1, 0.15) is 34.6 Å². The molecule has 0 radical (unpaired) electrons. The molecule has 0 aliphatic heterocycles. The first kappa shape index (κ1) is 17.7. The molecular weight excluding hydrogens is 330 g/mol. The maximum absolute atomic E-state index is 12.9. The number of nitrogens with one attached hydrogen (secondary N) is 1. The number of carbonyl (C=O) groups is 1. The van der Waals surface area contributed by atoms with Crippen LogP contribution in [0, 0.1) is 6.92 Å². The summed E-state index contributed by atoms with van der Waals surface area (Å²) >= 11 is 0. The third-order valence-electron chi connectivity index (χ3n) is 4.37. The zero-order valence-electron chi connectivity index (χ0n) is 15.2. The second-order valence-corrected chi connectivity index (χ2v) is 6.26. The molecule has 0 aliphatic carbocycles. The largest absolute Gasteiger partial charge is 0.496 e. The first-order chi connectivity index (χ1) is 12.4. The minimum atomic E-state index is -0.340. The fraction of sp³-hybridized carbons (Fsp3) is 0.250. The highest BCUT2D eigenvalue weighted by atomic mass is 16.5. The van der Waals surface area contributed by atoms with E-state index in [0.29, 0.717) is 16.5 Å². The van der Waals surface area contributed by atoms with Crippen molar-refractivity contribution in [3.8, 4) is 5.75 Å². The zero-order valence-corrected chi connectivity index (χ0v) is 15.2. The smallest absolute Gasteiger partial charge is 0.274 e. The molecule has 3 aromatic rings. The van der Waals surface area contributed by atoms with Gasteiger partial charge in [-0.1, -0.05) is 35.9 Å². The van der Waals surface area contributed by atoms with Crippen LogP contribution in [0.5, 0.6) is 5.75 Å². The number of aromatic nitrogens is 2. The Kier molecular flexibility index (Phi) is 4.75. The minimum absolute atomic E-state index is 0.223. The van der Waals surface area contributed by atoms with Gasteiger partial charge >= 0.3 is 0 Å². The molecule has 0 fully saturated rings. The maximum atomic E-state index is 12.9. The van der Waals surface area contributed by atoms with Crippen molar-refractivity contribution < 1.29 is 9.53 Å². The number of amides is 1. The van der Waals surface area contributed by atoms with E-state index in [9.17, 15) is 9.59 Å². The molecular formula is C20H21N3O3. The fourth-order valence-electron chi connectivity index (χ4n) is 3.00. The predicted octanol–water partition coefficient (Wildman–Crippen LogP) is 2.74. The van der Waals surface area contributed by atoms with E-state index in [-0.39, 0.29) is 23.2 Å². The SMILES string of the molecule is COc1ccc(C)cc1C(C)NC(=O)c1nn(C)c(=O)c2ccccc12. The average Bonchev–Trinajstić information content (AvgIpc) is 2.64. The summed E-state index contributed by atoms with van der Waals surface area (Å²) in [4.78, 5) is 25.1. The number of carbonyl (C=O) groups excluding carboxylic acids is 1. The molecule has 134 valence electrons. The molecule has 0 saturated carbocycles. The van der Waals surface area contributed by atoms with E-state index < -0.39 is 0 Å². The summed E-state index contributed by atoms with van der Waals surface area (Å²) in [6.07, 6.45) is 0. The van der Waals surface area contributed by atoms with Crippen LogP contribution < -0.4 is 15.6 Å². The van der Waals surface area contributed by atoms with Crippen molar-refractivity contribution >= 4 is 16.7 Å². The molecule has 6 nitrogen and oxygen atoms in total. The van der Waals surface area contributed by atoms with E-state index in [4.69, 9.17) is 4.74 Å². The van der Waals surface area contributed by atoms with Crippen LogP contribution in [0.2, 0.25) is 0 Å². The number of benzene rings is 2. The number of hydrogen-bond donors (Lipinski definition) is 1. The minimum Gasteiger partial charge on any atom is -0.496 e. The number of nitrogens with zero attached hydrogens (tertiary/aromatic N) is 2. The van der Waals surface area contributed by atoms with E-state index in [1.807, 2.05) is 32.0 Å². The molecule has 1 N–H and O–H groups in total. The first-order valence-electron chi connectivity index (χ1n) is 8.34. The van der Waals surface area contributed by atoms with Crippen LogP contribution in [0.15, 0.2) is 47.3 Å². The van der Waals surface area contributed by atoms with Crippen LogP contribution in [-0.2, 0) is 7.05 Å². The third-order valence-corrected chi connectivity index (χ3v) is 4.37. The number of rotatable bonds is 4. The summed E-state index contributed by atoms with van der Waals surface area (Å²) in [5.41, 5.74) is 1.95. The van der Waals surface area contributed by atoms with Crippen molar-refractivity contribution in [2.75, 3.05) is 7.11 Å². The Labute approximate surface area is 151 Å². The molecule has 6 heteroatoms. The van der Waals surface area contributed by atoms with Crippen LogP contribution in [0.4, 0.5) is 0 Å². The van der Waals surface area contributed by atoms with Crippen molar-refractivity contribution in [1.82, 2.24) is 15.1 Å². The number of methoxy groups -OCH3 is 1. The topological polar surface area (TPSA) is 73.2 Å². The molecule has 2 aromatic carbocycles. The molecule has 1 amide bonds. The Bertz CT molecular complexity index is 1040. The Morgan fingerprint density at radius 3 is 2.58 bits per heavy atom. The summed E-state index contributed by atoms with van der Waals surface area (Å²) < 4.78 is 6.59. The summed E-state index contributed by atoms with van der Waals surface area (Å²) in [5.74, 6) is 0.370. The number of fused-ring (bicyclic) bond motifs is 1. The van der Waals surface area contributed by atoms with Gasteiger partial charge in [0.1, 0.15) is 5.75 Å². The average molecular weight is 351 g/mol. The molecule has 0 aliphatic rings. The standard InChI is InChI=1S/C20H21N3O3/c1-12-9-10-17(26-4)16(11-12)13(2)21-19(24)18-14-7-5-6-8-15(14)20(25)23(3)22-18/h5-11,13H,1-4H3,(H,21,24). The zero-order chi connectivity index (χ0) is 18.8. The monoisotopic (exact) mass is 351 g/mol. The fourth-order valence-corrected chi connectivity index (χ4v) is 3.00. The molecule has 1 atom stereocenters. The molecule has 1 unspecified atom stereocenters. The Hall–Kier alpha value is -3.15. The Balaban J connectivity index is 1.99. The van der Waals surface area contributed by atoms with Gasteiger partial charge < -0.3 is 10.1 Å². The van der Waals surface area contributed by atoms with Crippen LogP contribution in [0.3, 0.4) is 0 Å². The van der Waals surface area contributed by atoms with Gasteiger partial charge in [-0.15, -0.1) is 0 Å². The number of hydrogen-bond acceptors (Lipinski definition) is 4. The van der Waals surface area contributed by atoms with Gasteiger partial charge in [-0.3, -0.25) is 9.59 Å². The predicted molar refractivity (Wildman–Crippen MR) is 101 cm³/mol. The maximum Gasteiger partial charge on any atom is 0.274 e. The van der Waals surface area contributed by atoms with Crippen LogP contribution >= 0.6 is 0 Å². The van der Waals surface area contributed by atoms with Gasteiger partial charge in [0.25, 0.3) is 11.5 Å².